The van der Waals surface area contributed by atoms with E-state index in [1.165, 1.54) is 54.9 Å². The van der Waals surface area contributed by atoms with Gasteiger partial charge in [-0.1, -0.05) is 66.7 Å². The molecule has 0 N–H and O–H groups in total. The molecule has 0 spiro atoms. The Labute approximate surface area is 185 Å². The molecular weight excluding hydrogens is 388 g/mol. The molecule has 0 atom stereocenters. The van der Waals surface area contributed by atoms with Crippen LogP contribution in [0.15, 0.2) is 121 Å². The molecule has 0 saturated heterocycles. The first-order valence-electron chi connectivity index (χ1n) is 11.0. The van der Waals surface area contributed by atoms with E-state index in [4.69, 9.17) is 0 Å². The van der Waals surface area contributed by atoms with Crippen LogP contribution in [-0.2, 0) is 0 Å². The Bertz CT molecular complexity index is 1770. The number of nitrogens with zero attached hydrogens (tertiary/aromatic N) is 2. The average Bonchev–Trinajstić information content (AvgIpc) is 3.43. The maximum atomic E-state index is 2.40. The SMILES string of the molecule is c1ccc(-n2ccc3c4c5ccccc5n(-c5ccc6ccccc6c5)c4ccc32)cc1. The van der Waals surface area contributed by atoms with E-state index in [1.807, 2.05) is 0 Å². The predicted octanol–water partition coefficient (Wildman–Crippen LogP) is 7.88. The van der Waals surface area contributed by atoms with Crippen LogP contribution in [0.1, 0.15) is 0 Å². The first kappa shape index (κ1) is 17.4. The highest BCUT2D eigenvalue weighted by atomic mass is 15.0. The topological polar surface area (TPSA) is 9.86 Å². The highest BCUT2D eigenvalue weighted by molar-refractivity contribution is 6.21. The lowest BCUT2D eigenvalue weighted by Crippen LogP contribution is -1.94. The number of fused-ring (bicyclic) bond motifs is 6. The Morgan fingerprint density at radius 1 is 0.438 bits per heavy atom. The lowest BCUT2D eigenvalue weighted by Gasteiger charge is -2.10. The molecule has 0 radical (unpaired) electrons. The zero-order valence-corrected chi connectivity index (χ0v) is 17.4. The van der Waals surface area contributed by atoms with Gasteiger partial charge in [0, 0.05) is 33.7 Å². The molecule has 150 valence electrons. The predicted molar refractivity (Wildman–Crippen MR) is 135 cm³/mol. The van der Waals surface area contributed by atoms with Crippen LogP contribution in [0.3, 0.4) is 0 Å². The standard InChI is InChI=1S/C30H20N2/c1-2-10-23(11-3-1)31-19-18-26-27(31)16-17-29-30(26)25-12-6-7-13-28(25)32(29)24-15-14-21-8-4-5-9-22(21)20-24/h1-20H. The molecule has 0 aliphatic heterocycles. The lowest BCUT2D eigenvalue weighted by atomic mass is 10.1. The fourth-order valence-electron chi connectivity index (χ4n) is 5.09. The van der Waals surface area contributed by atoms with Crippen LogP contribution in [0.5, 0.6) is 0 Å². The second-order valence-electron chi connectivity index (χ2n) is 8.30. The molecule has 7 aromatic rings. The number of para-hydroxylation sites is 2. The minimum atomic E-state index is 1.18. The van der Waals surface area contributed by atoms with Crippen molar-refractivity contribution in [1.82, 2.24) is 9.13 Å². The molecule has 2 heterocycles. The first-order chi connectivity index (χ1) is 15.9. The monoisotopic (exact) mass is 408 g/mol. The van der Waals surface area contributed by atoms with Crippen LogP contribution in [-0.4, -0.2) is 9.13 Å². The summed E-state index contributed by atoms with van der Waals surface area (Å²) in [4.78, 5) is 0. The van der Waals surface area contributed by atoms with Crippen LogP contribution in [0.2, 0.25) is 0 Å². The van der Waals surface area contributed by atoms with Gasteiger partial charge in [0.25, 0.3) is 0 Å². The third kappa shape index (κ3) is 2.41. The van der Waals surface area contributed by atoms with Crippen molar-refractivity contribution < 1.29 is 0 Å². The second kappa shape index (κ2) is 6.60. The van der Waals surface area contributed by atoms with Crippen LogP contribution in [0.25, 0.3) is 54.9 Å². The first-order valence-corrected chi connectivity index (χ1v) is 11.0. The van der Waals surface area contributed by atoms with Crippen molar-refractivity contribution in [2.45, 2.75) is 0 Å². The number of benzene rings is 5. The number of hydrogen-bond acceptors (Lipinski definition) is 0. The molecule has 0 unspecified atom stereocenters. The molecule has 32 heavy (non-hydrogen) atoms. The summed E-state index contributed by atoms with van der Waals surface area (Å²) in [7, 11) is 0. The summed E-state index contributed by atoms with van der Waals surface area (Å²) >= 11 is 0. The summed E-state index contributed by atoms with van der Waals surface area (Å²) in [6, 6.07) is 41.4. The molecule has 2 heteroatoms. The fourth-order valence-corrected chi connectivity index (χ4v) is 5.09. The smallest absolute Gasteiger partial charge is 0.0548 e. The maximum Gasteiger partial charge on any atom is 0.0548 e. The third-order valence-electron chi connectivity index (χ3n) is 6.53. The van der Waals surface area contributed by atoms with Crippen molar-refractivity contribution >= 4 is 43.5 Å². The quantitative estimate of drug-likeness (QED) is 0.275. The Kier molecular flexibility index (Phi) is 3.58. The summed E-state index contributed by atoms with van der Waals surface area (Å²) in [5.41, 5.74) is 6.07. The minimum absolute atomic E-state index is 1.18. The molecule has 0 bridgehead atoms. The molecule has 0 fully saturated rings. The zero-order chi connectivity index (χ0) is 21.1. The fraction of sp³-hybridized carbons (Fsp3) is 0. The summed E-state index contributed by atoms with van der Waals surface area (Å²) in [6.45, 7) is 0. The minimum Gasteiger partial charge on any atom is -0.317 e. The van der Waals surface area contributed by atoms with Gasteiger partial charge in [-0.15, -0.1) is 0 Å². The van der Waals surface area contributed by atoms with E-state index in [9.17, 15) is 0 Å². The van der Waals surface area contributed by atoms with Crippen molar-refractivity contribution in [2.24, 2.45) is 0 Å². The number of aromatic nitrogens is 2. The van der Waals surface area contributed by atoms with Gasteiger partial charge < -0.3 is 9.13 Å². The van der Waals surface area contributed by atoms with Gasteiger partial charge in [-0.25, -0.2) is 0 Å². The van der Waals surface area contributed by atoms with Gasteiger partial charge in [0.2, 0.25) is 0 Å². The summed E-state index contributed by atoms with van der Waals surface area (Å²) in [6.07, 6.45) is 2.18. The van der Waals surface area contributed by atoms with Crippen LogP contribution >= 0.6 is 0 Å². The van der Waals surface area contributed by atoms with Crippen molar-refractivity contribution in [3.63, 3.8) is 0 Å². The Balaban J connectivity index is 1.58. The molecule has 5 aromatic carbocycles. The molecule has 2 aromatic heterocycles. The molecule has 0 aliphatic carbocycles. The summed E-state index contributed by atoms with van der Waals surface area (Å²) < 4.78 is 4.67. The highest BCUT2D eigenvalue weighted by Crippen LogP contribution is 2.38. The van der Waals surface area contributed by atoms with Crippen LogP contribution < -0.4 is 0 Å². The van der Waals surface area contributed by atoms with E-state index < -0.39 is 0 Å². The Hall–Kier alpha value is -4.30. The van der Waals surface area contributed by atoms with Crippen LogP contribution in [0, 0.1) is 0 Å². The van der Waals surface area contributed by atoms with Gasteiger partial charge >= 0.3 is 0 Å². The number of hydrogen-bond donors (Lipinski definition) is 0. The summed E-state index contributed by atoms with van der Waals surface area (Å²) in [5.74, 6) is 0. The third-order valence-corrected chi connectivity index (χ3v) is 6.53. The summed E-state index contributed by atoms with van der Waals surface area (Å²) in [5, 5.41) is 6.39. The lowest BCUT2D eigenvalue weighted by molar-refractivity contribution is 1.13. The van der Waals surface area contributed by atoms with Gasteiger partial charge in [0.1, 0.15) is 0 Å². The normalized spacial score (nSPS) is 11.8. The Morgan fingerprint density at radius 2 is 1.16 bits per heavy atom. The second-order valence-corrected chi connectivity index (χ2v) is 8.30. The van der Waals surface area contributed by atoms with E-state index in [1.54, 1.807) is 0 Å². The van der Waals surface area contributed by atoms with Crippen LogP contribution in [0.4, 0.5) is 0 Å². The Morgan fingerprint density at radius 3 is 2.06 bits per heavy atom. The average molecular weight is 409 g/mol. The van der Waals surface area contributed by atoms with Crippen molar-refractivity contribution in [3.05, 3.63) is 121 Å². The number of rotatable bonds is 2. The van der Waals surface area contributed by atoms with E-state index in [2.05, 4.69) is 131 Å². The van der Waals surface area contributed by atoms with E-state index >= 15 is 0 Å². The maximum absolute atomic E-state index is 2.40. The molecule has 0 amide bonds. The van der Waals surface area contributed by atoms with Gasteiger partial charge in [-0.2, -0.15) is 0 Å². The van der Waals surface area contributed by atoms with Gasteiger partial charge in [0.15, 0.2) is 0 Å². The molecule has 0 saturated carbocycles. The van der Waals surface area contributed by atoms with Gasteiger partial charge in [-0.05, 0) is 59.3 Å². The van der Waals surface area contributed by atoms with E-state index in [-0.39, 0.29) is 0 Å². The van der Waals surface area contributed by atoms with E-state index in [0.29, 0.717) is 0 Å². The van der Waals surface area contributed by atoms with Crippen molar-refractivity contribution in [2.75, 3.05) is 0 Å². The van der Waals surface area contributed by atoms with E-state index in [0.717, 1.165) is 0 Å². The zero-order valence-electron chi connectivity index (χ0n) is 17.4. The largest absolute Gasteiger partial charge is 0.317 e. The van der Waals surface area contributed by atoms with Gasteiger partial charge in [-0.3, -0.25) is 0 Å². The highest BCUT2D eigenvalue weighted by Gasteiger charge is 2.16. The molecule has 7 rings (SSSR count). The van der Waals surface area contributed by atoms with Gasteiger partial charge in [0.05, 0.1) is 16.6 Å². The van der Waals surface area contributed by atoms with Crippen molar-refractivity contribution in [3.8, 4) is 11.4 Å². The molecule has 0 aliphatic rings. The molecular formula is C30H20N2. The van der Waals surface area contributed by atoms with Crippen molar-refractivity contribution in [1.29, 1.82) is 0 Å². The molecule has 2 nitrogen and oxygen atoms in total.